The number of nitrogens with one attached hydrogen (secondary N) is 1. The molecule has 0 radical (unpaired) electrons. The van der Waals surface area contributed by atoms with E-state index in [2.05, 4.69) is 170 Å². The first-order chi connectivity index (χ1) is 31.1. The van der Waals surface area contributed by atoms with Gasteiger partial charge in [-0.15, -0.1) is 0 Å². The number of piperidine rings is 5. The van der Waals surface area contributed by atoms with Gasteiger partial charge in [0, 0.05) is 75.5 Å². The first-order valence-corrected chi connectivity index (χ1v) is 25.1. The van der Waals surface area contributed by atoms with Crippen molar-refractivity contribution in [2.24, 2.45) is 0 Å². The van der Waals surface area contributed by atoms with Crippen molar-refractivity contribution in [2.75, 3.05) is 147 Å². The molecule has 0 atom stereocenters. The van der Waals surface area contributed by atoms with Crippen molar-refractivity contribution in [1.82, 2.24) is 44.5 Å². The second kappa shape index (κ2) is 31.0. The molecule has 2 aromatic rings. The van der Waals surface area contributed by atoms with Crippen LogP contribution in [0, 0.1) is 11.3 Å². The third-order valence-electron chi connectivity index (χ3n) is 14.7. The van der Waals surface area contributed by atoms with Gasteiger partial charge >= 0.3 is 0 Å². The number of hydrogen-bond acceptors (Lipinski definition) is 11. The van der Waals surface area contributed by atoms with Crippen molar-refractivity contribution in [3.05, 3.63) is 65.7 Å². The molecule has 0 aliphatic carbocycles. The molecule has 0 aromatic heterocycles. The number of amides is 1. The second-order valence-electron chi connectivity index (χ2n) is 20.0. The number of anilines is 1. The maximum absolute atomic E-state index is 11.0. The van der Waals surface area contributed by atoms with Gasteiger partial charge in [-0.25, -0.2) is 0 Å². The number of likely N-dealkylation sites (tertiary alicyclic amines) is 4. The third-order valence-corrected chi connectivity index (χ3v) is 14.7. The molecule has 0 spiro atoms. The molecule has 5 fully saturated rings. The molecule has 1 amide bonds. The zero-order chi connectivity index (χ0) is 47.7. The van der Waals surface area contributed by atoms with E-state index in [9.17, 15) is 4.79 Å². The smallest absolute Gasteiger partial charge is 0.219 e. The van der Waals surface area contributed by atoms with E-state index in [1.807, 2.05) is 17.0 Å². The Kier molecular flexibility index (Phi) is 26.8. The molecule has 0 bridgehead atoms. The summed E-state index contributed by atoms with van der Waals surface area (Å²) in [4.78, 5) is 32.1. The summed E-state index contributed by atoms with van der Waals surface area (Å²) >= 11 is 0. The van der Waals surface area contributed by atoms with Crippen molar-refractivity contribution in [3.8, 4) is 6.07 Å². The Bertz CT molecular complexity index is 1540. The Morgan fingerprint density at radius 3 is 1.46 bits per heavy atom. The molecule has 0 unspecified atom stereocenters. The largest absolute Gasteiger partial charge is 0.371 e. The normalized spacial score (nSPS) is 20.2. The highest BCUT2D eigenvalue weighted by molar-refractivity contribution is 5.73. The van der Waals surface area contributed by atoms with Crippen LogP contribution in [0.4, 0.5) is 5.69 Å². The van der Waals surface area contributed by atoms with Crippen LogP contribution in [0.5, 0.6) is 0 Å². The van der Waals surface area contributed by atoms with E-state index < -0.39 is 0 Å². The molecular weight excluding hydrogens is 807 g/mol. The fourth-order valence-corrected chi connectivity index (χ4v) is 9.51. The fourth-order valence-electron chi connectivity index (χ4n) is 9.51. The van der Waals surface area contributed by atoms with Gasteiger partial charge in [-0.05, 0) is 210 Å². The maximum Gasteiger partial charge on any atom is 0.219 e. The molecular formula is C53H95N11O. The molecule has 0 saturated carbocycles. The van der Waals surface area contributed by atoms with E-state index in [-0.39, 0.29) is 5.91 Å². The molecule has 12 nitrogen and oxygen atoms in total. The summed E-state index contributed by atoms with van der Waals surface area (Å²) in [7, 11) is 21.6. The maximum atomic E-state index is 11.0. The lowest BCUT2D eigenvalue weighted by Crippen LogP contribution is -2.43. The summed E-state index contributed by atoms with van der Waals surface area (Å²) in [5.41, 5.74) is 3.41. The standard InChI is InChI=1S/C15H24N2.C14H19N3.C9H18N2O.C8H18N2.C7H16N2/c1-3-16(2)15-9-11-17(12-10-15)13-14-7-5-4-6-8-14;1-16(2)13-7-9-17(10-8-13)14-5-3-12(11-15)4-6-14;1-8(12)11-6-4-9(5-7-11)10(2)3;1-9(2)8-4-6-10(3)7-5-8;1-8-7-3-5-9(2)6-4-7/h4-8,15H,3,9-13H2,1-2H3;3-6,13H,7-10H2,1-2H3;9H,4-7H2,1-3H3;8H,4-7H2,1-3H3;7-8H,3-6H2,1-2H3. The highest BCUT2D eigenvalue weighted by Gasteiger charge is 2.24. The molecule has 368 valence electrons. The summed E-state index contributed by atoms with van der Waals surface area (Å²) in [6.07, 6.45) is 12.6. The Morgan fingerprint density at radius 2 is 1.05 bits per heavy atom. The number of hydrogen-bond donors (Lipinski definition) is 1. The minimum Gasteiger partial charge on any atom is -0.371 e. The lowest BCUT2D eigenvalue weighted by Gasteiger charge is -2.36. The number of carbonyl (C=O) groups is 1. The second-order valence-corrected chi connectivity index (χ2v) is 20.0. The number of rotatable bonds is 9. The van der Waals surface area contributed by atoms with Gasteiger partial charge < -0.3 is 44.5 Å². The molecule has 7 rings (SSSR count). The number of nitrogens with zero attached hydrogens (tertiary/aromatic N) is 10. The lowest BCUT2D eigenvalue weighted by molar-refractivity contribution is -0.130. The number of carbonyl (C=O) groups excluding carboxylic acids is 1. The average Bonchev–Trinajstić information content (AvgIpc) is 3.33. The summed E-state index contributed by atoms with van der Waals surface area (Å²) < 4.78 is 0. The van der Waals surface area contributed by atoms with E-state index in [1.165, 1.54) is 108 Å². The van der Waals surface area contributed by atoms with E-state index >= 15 is 0 Å². The Balaban J connectivity index is 0.000000221. The van der Waals surface area contributed by atoms with Crippen LogP contribution in [0.25, 0.3) is 0 Å². The zero-order valence-electron chi connectivity index (χ0n) is 43.5. The van der Waals surface area contributed by atoms with Crippen LogP contribution in [-0.4, -0.2) is 218 Å². The quantitative estimate of drug-likeness (QED) is 0.313. The van der Waals surface area contributed by atoms with Crippen LogP contribution < -0.4 is 10.2 Å². The van der Waals surface area contributed by atoms with Crippen LogP contribution >= 0.6 is 0 Å². The molecule has 2 aromatic carbocycles. The predicted molar refractivity (Wildman–Crippen MR) is 276 cm³/mol. The van der Waals surface area contributed by atoms with Crippen LogP contribution in [0.3, 0.4) is 0 Å². The molecule has 65 heavy (non-hydrogen) atoms. The first-order valence-electron chi connectivity index (χ1n) is 25.1. The van der Waals surface area contributed by atoms with Gasteiger partial charge in [0.25, 0.3) is 0 Å². The van der Waals surface area contributed by atoms with Gasteiger partial charge in [-0.2, -0.15) is 5.26 Å². The Hall–Kier alpha value is -3.12. The highest BCUT2D eigenvalue weighted by Crippen LogP contribution is 2.22. The van der Waals surface area contributed by atoms with Gasteiger partial charge in [-0.3, -0.25) is 9.69 Å². The van der Waals surface area contributed by atoms with Gasteiger partial charge in [-0.1, -0.05) is 37.3 Å². The van der Waals surface area contributed by atoms with E-state index in [1.54, 1.807) is 6.92 Å². The van der Waals surface area contributed by atoms with Crippen LogP contribution in [0.15, 0.2) is 54.6 Å². The Labute approximate surface area is 398 Å². The minimum absolute atomic E-state index is 0.215. The van der Waals surface area contributed by atoms with Gasteiger partial charge in [0.05, 0.1) is 11.6 Å². The molecule has 1 N–H and O–H groups in total. The molecule has 5 heterocycles. The number of nitriles is 1. The molecule has 5 aliphatic rings. The van der Waals surface area contributed by atoms with E-state index in [0.29, 0.717) is 12.1 Å². The van der Waals surface area contributed by atoms with Crippen molar-refractivity contribution in [2.45, 2.75) is 115 Å². The predicted octanol–water partition coefficient (Wildman–Crippen LogP) is 6.19. The van der Waals surface area contributed by atoms with Crippen LogP contribution in [0.2, 0.25) is 0 Å². The highest BCUT2D eigenvalue weighted by atomic mass is 16.2. The van der Waals surface area contributed by atoms with E-state index in [4.69, 9.17) is 5.26 Å². The van der Waals surface area contributed by atoms with Crippen molar-refractivity contribution >= 4 is 11.6 Å². The topological polar surface area (TPSA) is 82.1 Å². The van der Waals surface area contributed by atoms with E-state index in [0.717, 1.165) is 69.3 Å². The summed E-state index contributed by atoms with van der Waals surface area (Å²) in [6.45, 7) is 17.8. The third kappa shape index (κ3) is 21.6. The lowest BCUT2D eigenvalue weighted by atomic mass is 10.0. The van der Waals surface area contributed by atoms with Gasteiger partial charge in [0.2, 0.25) is 5.91 Å². The summed E-state index contributed by atoms with van der Waals surface area (Å²) in [6, 6.07) is 24.6. The summed E-state index contributed by atoms with van der Waals surface area (Å²) in [5.74, 6) is 0.215. The van der Waals surface area contributed by atoms with Gasteiger partial charge in [0.1, 0.15) is 0 Å². The molecule has 12 heteroatoms. The van der Waals surface area contributed by atoms with Gasteiger partial charge in [0.15, 0.2) is 0 Å². The van der Waals surface area contributed by atoms with Crippen LogP contribution in [0.1, 0.15) is 89.2 Å². The minimum atomic E-state index is 0.215. The fraction of sp³-hybridized carbons (Fsp3) is 0.736. The Morgan fingerprint density at radius 1 is 0.615 bits per heavy atom. The summed E-state index contributed by atoms with van der Waals surface area (Å²) in [5, 5.41) is 12.1. The monoisotopic (exact) mass is 902 g/mol. The molecule has 5 saturated heterocycles. The molecule has 5 aliphatic heterocycles. The zero-order valence-corrected chi connectivity index (χ0v) is 43.5. The number of benzene rings is 2. The van der Waals surface area contributed by atoms with Crippen molar-refractivity contribution in [3.63, 3.8) is 0 Å². The average molecular weight is 902 g/mol. The van der Waals surface area contributed by atoms with Crippen LogP contribution in [-0.2, 0) is 11.3 Å². The van der Waals surface area contributed by atoms with Crippen molar-refractivity contribution < 1.29 is 4.79 Å². The van der Waals surface area contributed by atoms with Crippen molar-refractivity contribution in [1.29, 1.82) is 5.26 Å². The first kappa shape index (κ1) is 56.2. The SMILES string of the molecule is CC(=O)N1CCC(N(C)C)CC1.CCN(C)C1CCN(Cc2ccccc2)CC1.CN(C)C1CCN(c2ccc(C#N)cc2)CC1.CN1CCC(N(C)C)CC1.CNC1CCN(C)CC1.